The zero-order chi connectivity index (χ0) is 12.0. The maximum atomic E-state index is 11.5. The highest BCUT2D eigenvalue weighted by Gasteiger charge is 2.05. The second kappa shape index (κ2) is 5.94. The van der Waals surface area contributed by atoms with Gasteiger partial charge in [0.1, 0.15) is 0 Å². The number of hydrogen-bond acceptors (Lipinski definition) is 2. The van der Waals surface area contributed by atoms with Crippen molar-refractivity contribution in [3.63, 3.8) is 0 Å². The topological polar surface area (TPSA) is 26.3 Å². The van der Waals surface area contributed by atoms with E-state index in [1.165, 1.54) is 0 Å². The van der Waals surface area contributed by atoms with Crippen LogP contribution in [0.15, 0.2) is 35.6 Å². The summed E-state index contributed by atoms with van der Waals surface area (Å²) in [6.45, 7) is 6.15. The summed E-state index contributed by atoms with van der Waals surface area (Å²) in [5.41, 5.74) is 5.72. The van der Waals surface area contributed by atoms with Gasteiger partial charge in [-0.25, -0.2) is 4.79 Å². The second-order valence-electron chi connectivity index (χ2n) is 3.63. The number of ether oxygens (including phenoxy) is 1. The minimum absolute atomic E-state index is 0.282. The molecule has 0 radical (unpaired) electrons. The molecule has 0 aliphatic carbocycles. The fraction of sp³-hybridized carbons (Fsp3) is 0.286. The van der Waals surface area contributed by atoms with Crippen molar-refractivity contribution in [3.05, 3.63) is 46.7 Å². The van der Waals surface area contributed by atoms with Gasteiger partial charge in [0.05, 0.1) is 12.2 Å². The molecule has 1 aromatic rings. The van der Waals surface area contributed by atoms with Crippen molar-refractivity contribution in [2.45, 2.75) is 20.8 Å². The van der Waals surface area contributed by atoms with Crippen LogP contribution in [0, 0.1) is 0 Å². The summed E-state index contributed by atoms with van der Waals surface area (Å²) in [5, 5.41) is 0. The molecule has 16 heavy (non-hydrogen) atoms. The van der Waals surface area contributed by atoms with E-state index in [-0.39, 0.29) is 5.97 Å². The zero-order valence-electron chi connectivity index (χ0n) is 9.91. The van der Waals surface area contributed by atoms with E-state index in [4.69, 9.17) is 4.74 Å². The Morgan fingerprint density at radius 3 is 2.81 bits per heavy atom. The summed E-state index contributed by atoms with van der Waals surface area (Å²) in [4.78, 5) is 11.5. The maximum Gasteiger partial charge on any atom is 0.338 e. The van der Waals surface area contributed by atoms with Crippen LogP contribution in [0.5, 0.6) is 0 Å². The number of esters is 1. The van der Waals surface area contributed by atoms with E-state index in [0.29, 0.717) is 12.2 Å². The molecule has 0 aromatic heterocycles. The van der Waals surface area contributed by atoms with Gasteiger partial charge in [-0.05, 0) is 50.1 Å². The van der Waals surface area contributed by atoms with E-state index >= 15 is 0 Å². The molecule has 0 aliphatic rings. The lowest BCUT2D eigenvalue weighted by Crippen LogP contribution is -2.04. The van der Waals surface area contributed by atoms with E-state index < -0.39 is 0 Å². The monoisotopic (exact) mass is 216 g/mol. The first-order valence-electron chi connectivity index (χ1n) is 5.30. The van der Waals surface area contributed by atoms with Crippen LogP contribution in [-0.2, 0) is 4.74 Å². The van der Waals surface area contributed by atoms with Crippen molar-refractivity contribution in [3.8, 4) is 0 Å². The zero-order valence-corrected chi connectivity index (χ0v) is 9.91. The number of carbonyl (C=O) groups excluding carboxylic acids is 1. The summed E-state index contributed by atoms with van der Waals surface area (Å²) in [7, 11) is 0. The fourth-order valence-corrected chi connectivity index (χ4v) is 1.20. The molecule has 2 heteroatoms. The molecule has 0 amide bonds. The average molecular weight is 216 g/mol. The lowest BCUT2D eigenvalue weighted by Gasteiger charge is -2.01. The van der Waals surface area contributed by atoms with E-state index in [1.54, 1.807) is 19.1 Å². The molecule has 0 heterocycles. The van der Waals surface area contributed by atoms with Gasteiger partial charge >= 0.3 is 5.97 Å². The molecular weight excluding hydrogens is 200 g/mol. The van der Waals surface area contributed by atoms with Crippen molar-refractivity contribution in [2.75, 3.05) is 6.61 Å². The van der Waals surface area contributed by atoms with Crippen molar-refractivity contribution < 1.29 is 9.53 Å². The normalized spacial score (nSPS) is 9.19. The van der Waals surface area contributed by atoms with Gasteiger partial charge in [0.2, 0.25) is 0 Å². The lowest BCUT2D eigenvalue weighted by atomic mass is 10.1. The van der Waals surface area contributed by atoms with E-state index in [0.717, 1.165) is 11.1 Å². The summed E-state index contributed by atoms with van der Waals surface area (Å²) < 4.78 is 4.93. The molecular formula is C14H16O2. The van der Waals surface area contributed by atoms with Crippen molar-refractivity contribution in [1.29, 1.82) is 0 Å². The molecule has 0 aliphatic heterocycles. The molecule has 0 saturated carbocycles. The predicted octanol–water partition coefficient (Wildman–Crippen LogP) is 3.44. The largest absolute Gasteiger partial charge is 0.462 e. The highest BCUT2D eigenvalue weighted by atomic mass is 16.5. The number of carbonyl (C=O) groups is 1. The van der Waals surface area contributed by atoms with E-state index in [9.17, 15) is 4.79 Å². The van der Waals surface area contributed by atoms with E-state index in [1.807, 2.05) is 32.1 Å². The third kappa shape index (κ3) is 3.76. The third-order valence-corrected chi connectivity index (χ3v) is 1.93. The second-order valence-corrected chi connectivity index (χ2v) is 3.63. The van der Waals surface area contributed by atoms with Gasteiger partial charge in [0.25, 0.3) is 0 Å². The highest BCUT2D eigenvalue weighted by molar-refractivity contribution is 5.90. The summed E-state index contributed by atoms with van der Waals surface area (Å²) in [5.74, 6) is -0.282. The predicted molar refractivity (Wildman–Crippen MR) is 65.2 cm³/mol. The van der Waals surface area contributed by atoms with Crippen LogP contribution in [0.1, 0.15) is 36.7 Å². The van der Waals surface area contributed by atoms with Crippen LogP contribution >= 0.6 is 0 Å². The SMILES string of the molecule is CCOC(=O)c1cccc(C=C=C(C)C)c1. The highest BCUT2D eigenvalue weighted by Crippen LogP contribution is 2.08. The third-order valence-electron chi connectivity index (χ3n) is 1.93. The Hall–Kier alpha value is -1.79. The number of benzene rings is 1. The number of rotatable bonds is 3. The van der Waals surface area contributed by atoms with Gasteiger partial charge in [-0.3, -0.25) is 0 Å². The quantitative estimate of drug-likeness (QED) is 0.571. The Morgan fingerprint density at radius 2 is 2.19 bits per heavy atom. The van der Waals surface area contributed by atoms with Crippen LogP contribution < -0.4 is 0 Å². The molecule has 1 rings (SSSR count). The van der Waals surface area contributed by atoms with Crippen LogP contribution in [0.4, 0.5) is 0 Å². The van der Waals surface area contributed by atoms with Gasteiger partial charge in [-0.1, -0.05) is 12.1 Å². The molecule has 0 bridgehead atoms. The standard InChI is InChI=1S/C14H16O2/c1-4-16-14(15)13-7-5-6-12(10-13)9-8-11(2)3/h5-7,9-10H,4H2,1-3H3. The summed E-state index contributed by atoms with van der Waals surface area (Å²) >= 11 is 0. The van der Waals surface area contributed by atoms with E-state index in [2.05, 4.69) is 5.73 Å². The Balaban J connectivity index is 2.95. The van der Waals surface area contributed by atoms with Crippen LogP contribution in [0.2, 0.25) is 0 Å². The van der Waals surface area contributed by atoms with Gasteiger partial charge in [-0.15, -0.1) is 5.73 Å². The number of hydrogen-bond donors (Lipinski definition) is 0. The summed E-state index contributed by atoms with van der Waals surface area (Å²) in [6, 6.07) is 7.31. The van der Waals surface area contributed by atoms with Gasteiger partial charge in [0.15, 0.2) is 0 Å². The Kier molecular flexibility index (Phi) is 4.56. The molecule has 2 nitrogen and oxygen atoms in total. The molecule has 0 spiro atoms. The van der Waals surface area contributed by atoms with Crippen LogP contribution in [0.25, 0.3) is 6.08 Å². The first kappa shape index (κ1) is 12.3. The summed E-state index contributed by atoms with van der Waals surface area (Å²) in [6.07, 6.45) is 1.86. The Bertz CT molecular complexity index is 434. The minimum Gasteiger partial charge on any atom is -0.462 e. The van der Waals surface area contributed by atoms with Gasteiger partial charge in [0, 0.05) is 0 Å². The van der Waals surface area contributed by atoms with Crippen molar-refractivity contribution in [1.82, 2.24) is 0 Å². The van der Waals surface area contributed by atoms with Crippen molar-refractivity contribution in [2.24, 2.45) is 0 Å². The molecule has 0 N–H and O–H groups in total. The molecule has 84 valence electrons. The first-order valence-corrected chi connectivity index (χ1v) is 5.30. The maximum absolute atomic E-state index is 11.5. The molecule has 0 atom stereocenters. The Morgan fingerprint density at radius 1 is 1.44 bits per heavy atom. The molecule has 0 fully saturated rings. The minimum atomic E-state index is -0.282. The fourth-order valence-electron chi connectivity index (χ4n) is 1.20. The molecule has 0 unspecified atom stereocenters. The van der Waals surface area contributed by atoms with Gasteiger partial charge in [-0.2, -0.15) is 0 Å². The molecule has 1 aromatic carbocycles. The van der Waals surface area contributed by atoms with Crippen LogP contribution in [-0.4, -0.2) is 12.6 Å². The average Bonchev–Trinajstić information content (AvgIpc) is 2.27. The van der Waals surface area contributed by atoms with Gasteiger partial charge < -0.3 is 4.74 Å². The smallest absolute Gasteiger partial charge is 0.338 e. The van der Waals surface area contributed by atoms with Crippen molar-refractivity contribution >= 4 is 12.0 Å². The van der Waals surface area contributed by atoms with Crippen LogP contribution in [0.3, 0.4) is 0 Å². The number of allylic oxidation sites excluding steroid dienone is 1. The Labute approximate surface area is 96.2 Å². The lowest BCUT2D eigenvalue weighted by molar-refractivity contribution is 0.0526. The first-order chi connectivity index (χ1) is 7.63. The molecule has 0 saturated heterocycles.